The molecule has 1 aromatic rings. The number of hydrogen-bond donors (Lipinski definition) is 1. The fourth-order valence-corrected chi connectivity index (χ4v) is 2.72. The molecule has 1 saturated carbocycles. The van der Waals surface area contributed by atoms with E-state index in [9.17, 15) is 9.18 Å². The van der Waals surface area contributed by atoms with E-state index in [0.717, 1.165) is 12.5 Å². The minimum absolute atomic E-state index is 0.156. The first-order valence-electron chi connectivity index (χ1n) is 7.72. The lowest BCUT2D eigenvalue weighted by molar-refractivity contribution is -0.130. The normalized spacial score (nSPS) is 18.9. The van der Waals surface area contributed by atoms with Gasteiger partial charge in [0, 0.05) is 26.2 Å². The molecular formula is C16H22FN3O. The lowest BCUT2D eigenvalue weighted by atomic mass is 10.2. The van der Waals surface area contributed by atoms with Gasteiger partial charge in [-0.15, -0.1) is 0 Å². The van der Waals surface area contributed by atoms with Crippen molar-refractivity contribution in [1.82, 2.24) is 10.2 Å². The van der Waals surface area contributed by atoms with Crippen molar-refractivity contribution in [1.29, 1.82) is 0 Å². The Balaban J connectivity index is 1.45. The van der Waals surface area contributed by atoms with Crippen molar-refractivity contribution in [3.05, 3.63) is 30.1 Å². The van der Waals surface area contributed by atoms with Gasteiger partial charge in [-0.1, -0.05) is 12.1 Å². The number of anilines is 1. The summed E-state index contributed by atoms with van der Waals surface area (Å²) in [6.45, 7) is 4.10. The Hall–Kier alpha value is -1.62. The van der Waals surface area contributed by atoms with Crippen LogP contribution >= 0.6 is 0 Å². The highest BCUT2D eigenvalue weighted by Gasteiger charge is 2.24. The molecule has 114 valence electrons. The van der Waals surface area contributed by atoms with Crippen LogP contribution in [0.1, 0.15) is 12.8 Å². The first-order valence-corrected chi connectivity index (χ1v) is 7.72. The second-order valence-corrected chi connectivity index (χ2v) is 5.89. The number of nitrogens with zero attached hydrogens (tertiary/aromatic N) is 2. The number of hydrogen-bond acceptors (Lipinski definition) is 3. The van der Waals surface area contributed by atoms with E-state index in [4.69, 9.17) is 0 Å². The van der Waals surface area contributed by atoms with Crippen molar-refractivity contribution in [2.45, 2.75) is 12.8 Å². The summed E-state index contributed by atoms with van der Waals surface area (Å²) in [6.07, 6.45) is 2.59. The standard InChI is InChI=1S/C16H22FN3O/c17-14-3-1-2-4-15(14)19-7-9-20(10-8-19)16(21)12-18-11-13-5-6-13/h1-4,13,18H,5-12H2. The van der Waals surface area contributed by atoms with Crippen LogP contribution < -0.4 is 10.2 Å². The zero-order valence-corrected chi connectivity index (χ0v) is 12.2. The maximum Gasteiger partial charge on any atom is 0.236 e. The van der Waals surface area contributed by atoms with Gasteiger partial charge < -0.3 is 15.1 Å². The smallest absolute Gasteiger partial charge is 0.236 e. The summed E-state index contributed by atoms with van der Waals surface area (Å²) >= 11 is 0. The van der Waals surface area contributed by atoms with E-state index in [2.05, 4.69) is 5.32 Å². The summed E-state index contributed by atoms with van der Waals surface area (Å²) in [4.78, 5) is 16.0. The van der Waals surface area contributed by atoms with E-state index in [0.29, 0.717) is 38.4 Å². The van der Waals surface area contributed by atoms with Gasteiger partial charge in [-0.25, -0.2) is 4.39 Å². The second kappa shape index (κ2) is 6.43. The van der Waals surface area contributed by atoms with Crippen LogP contribution in [0.3, 0.4) is 0 Å². The van der Waals surface area contributed by atoms with Gasteiger partial charge >= 0.3 is 0 Å². The van der Waals surface area contributed by atoms with Crippen LogP contribution in [-0.2, 0) is 4.79 Å². The lowest BCUT2D eigenvalue weighted by Crippen LogP contribution is -2.51. The number of para-hydroxylation sites is 1. The minimum atomic E-state index is -0.191. The van der Waals surface area contributed by atoms with Crippen LogP contribution in [0.15, 0.2) is 24.3 Å². The topological polar surface area (TPSA) is 35.6 Å². The van der Waals surface area contributed by atoms with Crippen molar-refractivity contribution >= 4 is 11.6 Å². The van der Waals surface area contributed by atoms with E-state index < -0.39 is 0 Å². The van der Waals surface area contributed by atoms with E-state index in [1.807, 2.05) is 15.9 Å². The average molecular weight is 291 g/mol. The summed E-state index contributed by atoms with van der Waals surface area (Å²) in [5.41, 5.74) is 0.636. The second-order valence-electron chi connectivity index (χ2n) is 5.89. The van der Waals surface area contributed by atoms with E-state index in [1.165, 1.54) is 18.9 Å². The van der Waals surface area contributed by atoms with Gasteiger partial charge in [-0.3, -0.25) is 4.79 Å². The van der Waals surface area contributed by atoms with Crippen LogP contribution in [0.4, 0.5) is 10.1 Å². The van der Waals surface area contributed by atoms with Crippen LogP contribution in [0.25, 0.3) is 0 Å². The Kier molecular flexibility index (Phi) is 4.39. The minimum Gasteiger partial charge on any atom is -0.366 e. The third-order valence-electron chi connectivity index (χ3n) is 4.23. The Labute approximate surface area is 124 Å². The fraction of sp³-hybridized carbons (Fsp3) is 0.562. The molecule has 1 heterocycles. The van der Waals surface area contributed by atoms with Gasteiger partial charge in [-0.2, -0.15) is 0 Å². The molecule has 1 amide bonds. The molecule has 0 radical (unpaired) electrons. The molecule has 0 aromatic heterocycles. The van der Waals surface area contributed by atoms with Crippen molar-refractivity contribution in [3.63, 3.8) is 0 Å². The van der Waals surface area contributed by atoms with Crippen LogP contribution in [-0.4, -0.2) is 50.1 Å². The maximum absolute atomic E-state index is 13.7. The Morgan fingerprint density at radius 2 is 1.90 bits per heavy atom. The van der Waals surface area contributed by atoms with Crippen LogP contribution in [0.2, 0.25) is 0 Å². The molecule has 4 nitrogen and oxygen atoms in total. The highest BCUT2D eigenvalue weighted by molar-refractivity contribution is 5.78. The number of nitrogens with one attached hydrogen (secondary N) is 1. The largest absolute Gasteiger partial charge is 0.366 e. The molecule has 1 aliphatic heterocycles. The number of piperazine rings is 1. The molecule has 1 aliphatic carbocycles. The number of amides is 1. The Morgan fingerprint density at radius 1 is 1.19 bits per heavy atom. The van der Waals surface area contributed by atoms with Gasteiger partial charge in [0.25, 0.3) is 0 Å². The lowest BCUT2D eigenvalue weighted by Gasteiger charge is -2.36. The summed E-state index contributed by atoms with van der Waals surface area (Å²) in [7, 11) is 0. The van der Waals surface area contributed by atoms with Gasteiger partial charge in [0.05, 0.1) is 12.2 Å². The molecule has 0 spiro atoms. The first kappa shape index (κ1) is 14.3. The van der Waals surface area contributed by atoms with E-state index in [1.54, 1.807) is 12.1 Å². The predicted octanol–water partition coefficient (Wildman–Crippen LogP) is 1.47. The number of halogens is 1. The molecule has 0 bridgehead atoms. The van der Waals surface area contributed by atoms with E-state index in [-0.39, 0.29) is 11.7 Å². The van der Waals surface area contributed by atoms with Crippen molar-refractivity contribution in [2.75, 3.05) is 44.2 Å². The van der Waals surface area contributed by atoms with Crippen LogP contribution in [0.5, 0.6) is 0 Å². The third kappa shape index (κ3) is 3.73. The number of carbonyl (C=O) groups is 1. The average Bonchev–Trinajstić information content (AvgIpc) is 3.32. The molecular weight excluding hydrogens is 269 g/mol. The summed E-state index contributed by atoms with van der Waals surface area (Å²) < 4.78 is 13.7. The summed E-state index contributed by atoms with van der Waals surface area (Å²) in [6, 6.07) is 6.82. The number of carbonyl (C=O) groups excluding carboxylic acids is 1. The van der Waals surface area contributed by atoms with Gasteiger partial charge in [0.2, 0.25) is 5.91 Å². The zero-order chi connectivity index (χ0) is 14.7. The van der Waals surface area contributed by atoms with Crippen molar-refractivity contribution < 1.29 is 9.18 Å². The quantitative estimate of drug-likeness (QED) is 0.892. The van der Waals surface area contributed by atoms with Gasteiger partial charge in [0.1, 0.15) is 5.82 Å². The Bertz CT molecular complexity index is 496. The molecule has 0 unspecified atom stereocenters. The molecule has 1 aromatic carbocycles. The summed E-state index contributed by atoms with van der Waals surface area (Å²) in [5, 5.41) is 3.23. The van der Waals surface area contributed by atoms with E-state index >= 15 is 0 Å². The van der Waals surface area contributed by atoms with Crippen molar-refractivity contribution in [2.24, 2.45) is 5.92 Å². The fourth-order valence-electron chi connectivity index (χ4n) is 2.72. The monoisotopic (exact) mass is 291 g/mol. The molecule has 3 rings (SSSR count). The maximum atomic E-state index is 13.7. The molecule has 2 fully saturated rings. The molecule has 2 aliphatic rings. The van der Waals surface area contributed by atoms with Gasteiger partial charge in [0.15, 0.2) is 0 Å². The number of rotatable bonds is 5. The number of benzene rings is 1. The molecule has 21 heavy (non-hydrogen) atoms. The van der Waals surface area contributed by atoms with Crippen molar-refractivity contribution in [3.8, 4) is 0 Å². The molecule has 5 heteroatoms. The zero-order valence-electron chi connectivity index (χ0n) is 12.2. The highest BCUT2D eigenvalue weighted by Crippen LogP contribution is 2.27. The molecule has 0 atom stereocenters. The highest BCUT2D eigenvalue weighted by atomic mass is 19.1. The van der Waals surface area contributed by atoms with Crippen LogP contribution in [0, 0.1) is 11.7 Å². The SMILES string of the molecule is O=C(CNCC1CC1)N1CCN(c2ccccc2F)CC1. The third-order valence-corrected chi connectivity index (χ3v) is 4.23. The first-order chi connectivity index (χ1) is 10.2. The molecule has 1 N–H and O–H groups in total. The summed E-state index contributed by atoms with van der Waals surface area (Å²) in [5.74, 6) is 0.753. The Morgan fingerprint density at radius 3 is 2.57 bits per heavy atom. The molecule has 1 saturated heterocycles. The predicted molar refractivity (Wildman–Crippen MR) is 80.8 cm³/mol. The van der Waals surface area contributed by atoms with Gasteiger partial charge in [-0.05, 0) is 37.4 Å².